The lowest BCUT2D eigenvalue weighted by atomic mass is 10.0. The molecule has 1 fully saturated rings. The molecule has 2 nitrogen and oxygen atoms in total. The van der Waals surface area contributed by atoms with Crippen molar-refractivity contribution >= 4 is 0 Å². The van der Waals surface area contributed by atoms with E-state index in [1.807, 2.05) is 0 Å². The van der Waals surface area contributed by atoms with Crippen molar-refractivity contribution in [1.82, 2.24) is 5.32 Å². The highest BCUT2D eigenvalue weighted by Crippen LogP contribution is 2.27. The summed E-state index contributed by atoms with van der Waals surface area (Å²) in [6.07, 6.45) is 2.14. The van der Waals surface area contributed by atoms with Crippen LogP contribution in [0.3, 0.4) is 0 Å². The van der Waals surface area contributed by atoms with Gasteiger partial charge in [-0.3, -0.25) is 0 Å². The van der Waals surface area contributed by atoms with Crippen LogP contribution in [0.4, 0.5) is 4.39 Å². The molecule has 1 atom stereocenters. The molecule has 1 heterocycles. The second kappa shape index (κ2) is 3.96. The normalized spacial score (nSPS) is 21.1. The third-order valence-corrected chi connectivity index (χ3v) is 2.64. The highest BCUT2D eigenvalue weighted by atomic mass is 19.1. The monoisotopic (exact) mass is 195 g/mol. The van der Waals surface area contributed by atoms with Crippen LogP contribution in [0, 0.1) is 5.82 Å². The number of hydrogen-bond donors (Lipinski definition) is 1. The number of methoxy groups -OCH3 is 1. The zero-order valence-corrected chi connectivity index (χ0v) is 8.22. The zero-order valence-electron chi connectivity index (χ0n) is 8.22. The Balaban J connectivity index is 2.25. The van der Waals surface area contributed by atoms with Gasteiger partial charge in [0, 0.05) is 17.7 Å². The Morgan fingerprint density at radius 2 is 2.36 bits per heavy atom. The first-order chi connectivity index (χ1) is 6.81. The lowest BCUT2D eigenvalue weighted by Crippen LogP contribution is -2.14. The fourth-order valence-electron chi connectivity index (χ4n) is 1.87. The van der Waals surface area contributed by atoms with Crippen molar-refractivity contribution in [2.45, 2.75) is 18.9 Å². The topological polar surface area (TPSA) is 21.3 Å². The molecule has 0 saturated carbocycles. The van der Waals surface area contributed by atoms with Crippen LogP contribution in [-0.4, -0.2) is 13.7 Å². The number of ether oxygens (including phenoxy) is 1. The van der Waals surface area contributed by atoms with E-state index in [1.165, 1.54) is 6.07 Å². The predicted octanol–water partition coefficient (Wildman–Crippen LogP) is 2.26. The first-order valence-electron chi connectivity index (χ1n) is 4.88. The second-order valence-corrected chi connectivity index (χ2v) is 3.54. The largest absolute Gasteiger partial charge is 0.497 e. The molecule has 0 bridgehead atoms. The maximum absolute atomic E-state index is 13.6. The van der Waals surface area contributed by atoms with Crippen LogP contribution in [-0.2, 0) is 0 Å². The third kappa shape index (κ3) is 1.73. The van der Waals surface area contributed by atoms with Crippen molar-refractivity contribution in [1.29, 1.82) is 0 Å². The predicted molar refractivity (Wildman–Crippen MR) is 52.9 cm³/mol. The lowest BCUT2D eigenvalue weighted by Gasteiger charge is -2.12. The van der Waals surface area contributed by atoms with Gasteiger partial charge in [0.05, 0.1) is 7.11 Å². The van der Waals surface area contributed by atoms with E-state index < -0.39 is 0 Å². The molecule has 2 rings (SSSR count). The molecule has 1 aromatic carbocycles. The molecule has 0 unspecified atom stereocenters. The summed E-state index contributed by atoms with van der Waals surface area (Å²) in [5.74, 6) is 0.396. The molecule has 1 N–H and O–H groups in total. The molecular weight excluding hydrogens is 181 g/mol. The molecule has 0 aliphatic carbocycles. The Labute approximate surface area is 83.1 Å². The molecule has 76 valence electrons. The minimum atomic E-state index is -0.177. The van der Waals surface area contributed by atoms with E-state index in [-0.39, 0.29) is 11.9 Å². The number of benzene rings is 1. The van der Waals surface area contributed by atoms with Crippen molar-refractivity contribution in [3.63, 3.8) is 0 Å². The maximum Gasteiger partial charge on any atom is 0.131 e. The van der Waals surface area contributed by atoms with Crippen molar-refractivity contribution in [2.24, 2.45) is 0 Å². The zero-order chi connectivity index (χ0) is 9.97. The average Bonchev–Trinajstić information content (AvgIpc) is 2.70. The third-order valence-electron chi connectivity index (χ3n) is 2.64. The Hall–Kier alpha value is -1.09. The fourth-order valence-corrected chi connectivity index (χ4v) is 1.87. The van der Waals surface area contributed by atoms with Gasteiger partial charge >= 0.3 is 0 Å². The molecule has 1 aromatic rings. The molecule has 0 aromatic heterocycles. The van der Waals surface area contributed by atoms with E-state index in [4.69, 9.17) is 4.74 Å². The molecule has 14 heavy (non-hydrogen) atoms. The van der Waals surface area contributed by atoms with E-state index in [9.17, 15) is 4.39 Å². The van der Waals surface area contributed by atoms with Gasteiger partial charge in [0.2, 0.25) is 0 Å². The Kier molecular flexibility index (Phi) is 2.68. The van der Waals surface area contributed by atoms with E-state index in [0.29, 0.717) is 5.75 Å². The minimum absolute atomic E-state index is 0.177. The van der Waals surface area contributed by atoms with Gasteiger partial charge in [0.1, 0.15) is 11.6 Å². The Morgan fingerprint density at radius 1 is 1.50 bits per heavy atom. The van der Waals surface area contributed by atoms with Crippen molar-refractivity contribution in [3.05, 3.63) is 29.6 Å². The standard InChI is InChI=1S/C11H14FNO/c1-14-8-4-5-9(10(12)7-8)11-3-2-6-13-11/h4-5,7,11,13H,2-3,6H2,1H3/t11-/m0/s1. The summed E-state index contributed by atoms with van der Waals surface area (Å²) in [4.78, 5) is 0. The van der Waals surface area contributed by atoms with Gasteiger partial charge in [-0.15, -0.1) is 0 Å². The first-order valence-corrected chi connectivity index (χ1v) is 4.88. The van der Waals surface area contributed by atoms with Gasteiger partial charge in [-0.25, -0.2) is 4.39 Å². The molecule has 0 radical (unpaired) electrons. The molecule has 1 aliphatic rings. The highest BCUT2D eigenvalue weighted by Gasteiger charge is 2.19. The van der Waals surface area contributed by atoms with Gasteiger partial charge in [-0.2, -0.15) is 0 Å². The van der Waals surface area contributed by atoms with Crippen LogP contribution in [0.5, 0.6) is 5.75 Å². The van der Waals surface area contributed by atoms with Crippen molar-refractivity contribution in [3.8, 4) is 5.75 Å². The summed E-state index contributed by atoms with van der Waals surface area (Å²) in [7, 11) is 1.54. The summed E-state index contributed by atoms with van der Waals surface area (Å²) < 4.78 is 18.5. The molecular formula is C11H14FNO. The summed E-state index contributed by atoms with van der Waals surface area (Å²) >= 11 is 0. The van der Waals surface area contributed by atoms with E-state index >= 15 is 0 Å². The van der Waals surface area contributed by atoms with Crippen molar-refractivity contribution < 1.29 is 9.13 Å². The van der Waals surface area contributed by atoms with Gasteiger partial charge in [-0.05, 0) is 25.5 Å². The van der Waals surface area contributed by atoms with Crippen LogP contribution < -0.4 is 10.1 Å². The maximum atomic E-state index is 13.6. The molecule has 0 spiro atoms. The van der Waals surface area contributed by atoms with E-state index in [1.54, 1.807) is 19.2 Å². The number of rotatable bonds is 2. The minimum Gasteiger partial charge on any atom is -0.497 e. The number of nitrogens with one attached hydrogen (secondary N) is 1. The fraction of sp³-hybridized carbons (Fsp3) is 0.455. The second-order valence-electron chi connectivity index (χ2n) is 3.54. The van der Waals surface area contributed by atoms with Crippen LogP contribution in [0.25, 0.3) is 0 Å². The smallest absolute Gasteiger partial charge is 0.131 e. The first kappa shape index (κ1) is 9.46. The molecule has 1 aliphatic heterocycles. The highest BCUT2D eigenvalue weighted by molar-refractivity contribution is 5.31. The summed E-state index contributed by atoms with van der Waals surface area (Å²) in [6, 6.07) is 5.23. The molecule has 3 heteroatoms. The van der Waals surface area contributed by atoms with Gasteiger partial charge in [0.15, 0.2) is 0 Å². The Bertz CT molecular complexity index is 321. The summed E-state index contributed by atoms with van der Waals surface area (Å²) in [5, 5.41) is 3.27. The van der Waals surface area contributed by atoms with Gasteiger partial charge < -0.3 is 10.1 Å². The summed E-state index contributed by atoms with van der Waals surface area (Å²) in [5.41, 5.74) is 0.753. The van der Waals surface area contributed by atoms with Crippen LogP contribution in [0.2, 0.25) is 0 Å². The lowest BCUT2D eigenvalue weighted by molar-refractivity contribution is 0.410. The average molecular weight is 195 g/mol. The van der Waals surface area contributed by atoms with Crippen molar-refractivity contribution in [2.75, 3.05) is 13.7 Å². The summed E-state index contributed by atoms with van der Waals surface area (Å²) in [6.45, 7) is 0.982. The van der Waals surface area contributed by atoms with Gasteiger partial charge in [-0.1, -0.05) is 6.07 Å². The van der Waals surface area contributed by atoms with Crippen LogP contribution in [0.15, 0.2) is 18.2 Å². The van der Waals surface area contributed by atoms with E-state index in [0.717, 1.165) is 24.9 Å². The molecule has 0 amide bonds. The quantitative estimate of drug-likeness (QED) is 0.781. The SMILES string of the molecule is COc1ccc([C@@H]2CCCN2)c(F)c1. The Morgan fingerprint density at radius 3 is 2.93 bits per heavy atom. The molecule has 1 saturated heterocycles. The number of halogens is 1. The van der Waals surface area contributed by atoms with E-state index in [2.05, 4.69) is 5.32 Å². The van der Waals surface area contributed by atoms with Crippen LogP contribution in [0.1, 0.15) is 24.4 Å². The number of hydrogen-bond acceptors (Lipinski definition) is 2. The van der Waals surface area contributed by atoms with Gasteiger partial charge in [0.25, 0.3) is 0 Å². The van der Waals surface area contributed by atoms with Crippen LogP contribution >= 0.6 is 0 Å².